The van der Waals surface area contributed by atoms with Crippen molar-refractivity contribution in [3.63, 3.8) is 0 Å². The van der Waals surface area contributed by atoms with Crippen molar-refractivity contribution >= 4 is 11.6 Å². The molecule has 5 nitrogen and oxygen atoms in total. The third-order valence-electron chi connectivity index (χ3n) is 2.92. The van der Waals surface area contributed by atoms with E-state index in [-0.39, 0.29) is 16.7 Å². The van der Waals surface area contributed by atoms with Gasteiger partial charge in [0.2, 0.25) is 0 Å². The predicted molar refractivity (Wildman–Crippen MR) is 76.8 cm³/mol. The van der Waals surface area contributed by atoms with Crippen molar-refractivity contribution in [2.24, 2.45) is 0 Å². The Kier molecular flexibility index (Phi) is 4.47. The number of ether oxygens (including phenoxy) is 3. The summed E-state index contributed by atoms with van der Waals surface area (Å²) >= 11 is 5.77. The summed E-state index contributed by atoms with van der Waals surface area (Å²) in [5, 5.41) is -0.241. The summed E-state index contributed by atoms with van der Waals surface area (Å²) in [6, 6.07) is 3.30. The van der Waals surface area contributed by atoms with Crippen LogP contribution in [0.4, 0.5) is 4.39 Å². The fourth-order valence-corrected chi connectivity index (χ4v) is 2.07. The summed E-state index contributed by atoms with van der Waals surface area (Å²) in [7, 11) is 4.53. The summed E-state index contributed by atoms with van der Waals surface area (Å²) in [5.74, 6) is 1.06. The molecular formula is C14H14ClFN2O3. The number of aryl methyl sites for hydroxylation is 1. The molecule has 21 heavy (non-hydrogen) atoms. The number of methoxy groups -OCH3 is 3. The lowest BCUT2D eigenvalue weighted by Crippen LogP contribution is -2.00. The molecule has 0 radical (unpaired) electrons. The van der Waals surface area contributed by atoms with Crippen molar-refractivity contribution in [2.45, 2.75) is 6.92 Å². The molecule has 0 fully saturated rings. The monoisotopic (exact) mass is 312 g/mol. The zero-order chi connectivity index (χ0) is 15.6. The summed E-state index contributed by atoms with van der Waals surface area (Å²) in [6.45, 7) is 1.51. The maximum atomic E-state index is 13.5. The fourth-order valence-electron chi connectivity index (χ4n) is 1.85. The third-order valence-corrected chi connectivity index (χ3v) is 3.17. The van der Waals surface area contributed by atoms with Crippen LogP contribution >= 0.6 is 11.6 Å². The molecule has 0 spiro atoms. The van der Waals surface area contributed by atoms with Gasteiger partial charge in [-0.15, -0.1) is 0 Å². The van der Waals surface area contributed by atoms with Crippen molar-refractivity contribution < 1.29 is 18.6 Å². The van der Waals surface area contributed by atoms with Crippen LogP contribution in [-0.4, -0.2) is 31.3 Å². The Hall–Kier alpha value is -2.08. The minimum Gasteiger partial charge on any atom is -0.496 e. The minimum atomic E-state index is -0.639. The van der Waals surface area contributed by atoms with E-state index >= 15 is 0 Å². The second kappa shape index (κ2) is 6.13. The summed E-state index contributed by atoms with van der Waals surface area (Å²) in [6.07, 6.45) is 0. The van der Waals surface area contributed by atoms with Gasteiger partial charge in [0, 0.05) is 6.07 Å². The maximum absolute atomic E-state index is 13.5. The molecule has 0 aliphatic rings. The summed E-state index contributed by atoms with van der Waals surface area (Å²) in [4.78, 5) is 8.04. The van der Waals surface area contributed by atoms with Crippen LogP contribution in [0.5, 0.6) is 17.2 Å². The van der Waals surface area contributed by atoms with Crippen molar-refractivity contribution in [3.8, 4) is 28.6 Å². The first kappa shape index (κ1) is 15.3. The number of halogens is 2. The quantitative estimate of drug-likeness (QED) is 0.811. The molecule has 1 aromatic heterocycles. The van der Waals surface area contributed by atoms with Crippen LogP contribution in [0.2, 0.25) is 5.15 Å². The van der Waals surface area contributed by atoms with Crippen LogP contribution in [0.15, 0.2) is 12.1 Å². The average molecular weight is 313 g/mol. The van der Waals surface area contributed by atoms with Crippen molar-refractivity contribution in [3.05, 3.63) is 28.8 Å². The molecule has 1 aromatic carbocycles. The Morgan fingerprint density at radius 2 is 1.52 bits per heavy atom. The molecule has 112 valence electrons. The van der Waals surface area contributed by atoms with Gasteiger partial charge in [-0.25, -0.2) is 14.4 Å². The van der Waals surface area contributed by atoms with Crippen LogP contribution in [0.25, 0.3) is 11.4 Å². The molecular weight excluding hydrogens is 299 g/mol. The number of hydrogen-bond donors (Lipinski definition) is 0. The third kappa shape index (κ3) is 2.85. The lowest BCUT2D eigenvalue weighted by molar-refractivity contribution is 0.349. The number of aromatic nitrogens is 2. The highest BCUT2D eigenvalue weighted by atomic mass is 35.5. The van der Waals surface area contributed by atoms with E-state index in [1.54, 1.807) is 12.1 Å². The molecule has 0 saturated heterocycles. The number of nitrogens with zero attached hydrogens (tertiary/aromatic N) is 2. The first-order chi connectivity index (χ1) is 10.0. The van der Waals surface area contributed by atoms with Gasteiger partial charge in [-0.1, -0.05) is 11.6 Å². The number of rotatable bonds is 4. The molecule has 0 amide bonds. The van der Waals surface area contributed by atoms with Gasteiger partial charge in [0.25, 0.3) is 0 Å². The first-order valence-electron chi connectivity index (χ1n) is 6.01. The Balaban J connectivity index is 2.67. The van der Waals surface area contributed by atoms with E-state index in [9.17, 15) is 4.39 Å². The van der Waals surface area contributed by atoms with Crippen molar-refractivity contribution in [2.75, 3.05) is 21.3 Å². The second-order valence-electron chi connectivity index (χ2n) is 4.14. The largest absolute Gasteiger partial charge is 0.496 e. The highest BCUT2D eigenvalue weighted by Gasteiger charge is 2.18. The fraction of sp³-hybridized carbons (Fsp3) is 0.286. The van der Waals surface area contributed by atoms with Gasteiger partial charge < -0.3 is 14.2 Å². The Morgan fingerprint density at radius 1 is 0.952 bits per heavy atom. The first-order valence-corrected chi connectivity index (χ1v) is 6.39. The Morgan fingerprint density at radius 3 is 2.05 bits per heavy atom. The van der Waals surface area contributed by atoms with E-state index in [1.165, 1.54) is 28.3 Å². The van der Waals surface area contributed by atoms with E-state index in [0.717, 1.165) is 0 Å². The normalized spacial score (nSPS) is 10.4. The van der Waals surface area contributed by atoms with Crippen molar-refractivity contribution in [1.29, 1.82) is 0 Å². The second-order valence-corrected chi connectivity index (χ2v) is 4.50. The van der Waals surface area contributed by atoms with E-state index in [1.807, 2.05) is 0 Å². The molecule has 0 saturated carbocycles. The zero-order valence-corrected chi connectivity index (χ0v) is 12.8. The molecule has 2 aromatic rings. The summed E-state index contributed by atoms with van der Waals surface area (Å²) in [5.41, 5.74) is 0.682. The lowest BCUT2D eigenvalue weighted by atomic mass is 10.1. The van der Waals surface area contributed by atoms with Crippen molar-refractivity contribution in [1.82, 2.24) is 9.97 Å². The molecule has 0 atom stereocenters. The Labute approximate surface area is 126 Å². The van der Waals surface area contributed by atoms with Crippen LogP contribution in [-0.2, 0) is 0 Å². The van der Waals surface area contributed by atoms with E-state index in [0.29, 0.717) is 22.8 Å². The minimum absolute atomic E-state index is 0.154. The van der Waals surface area contributed by atoms with E-state index in [4.69, 9.17) is 25.8 Å². The average Bonchev–Trinajstić information content (AvgIpc) is 2.50. The van der Waals surface area contributed by atoms with E-state index < -0.39 is 5.82 Å². The zero-order valence-electron chi connectivity index (χ0n) is 12.0. The molecule has 7 heteroatoms. The topological polar surface area (TPSA) is 53.5 Å². The van der Waals surface area contributed by atoms with Gasteiger partial charge in [0.05, 0.1) is 32.6 Å². The molecule has 1 heterocycles. The summed E-state index contributed by atoms with van der Waals surface area (Å²) < 4.78 is 29.3. The Bertz CT molecular complexity index is 657. The van der Waals surface area contributed by atoms with Gasteiger partial charge in [-0.05, 0) is 13.0 Å². The highest BCUT2D eigenvalue weighted by molar-refractivity contribution is 6.29. The van der Waals surface area contributed by atoms with Gasteiger partial charge in [-0.2, -0.15) is 0 Å². The number of hydrogen-bond acceptors (Lipinski definition) is 5. The molecule has 0 bridgehead atoms. The standard InChI is InChI=1S/C14H14ClFN2O3/c1-7-12(16)13(15)18-14(17-7)8-5-10(20-3)11(21-4)6-9(8)19-2/h5-6H,1-4H3. The predicted octanol–water partition coefficient (Wildman–Crippen LogP) is 3.27. The van der Waals surface area contributed by atoms with Crippen LogP contribution in [0.3, 0.4) is 0 Å². The highest BCUT2D eigenvalue weighted by Crippen LogP contribution is 2.39. The molecule has 0 unspecified atom stereocenters. The molecule has 0 aliphatic carbocycles. The van der Waals surface area contributed by atoms with Gasteiger partial charge in [-0.3, -0.25) is 0 Å². The number of benzene rings is 1. The lowest BCUT2D eigenvalue weighted by Gasteiger charge is -2.13. The van der Waals surface area contributed by atoms with Gasteiger partial charge >= 0.3 is 0 Å². The van der Waals surface area contributed by atoms with Crippen LogP contribution in [0, 0.1) is 12.7 Å². The van der Waals surface area contributed by atoms with Crippen LogP contribution in [0.1, 0.15) is 5.69 Å². The van der Waals surface area contributed by atoms with Crippen LogP contribution < -0.4 is 14.2 Å². The maximum Gasteiger partial charge on any atom is 0.181 e. The molecule has 0 aliphatic heterocycles. The van der Waals surface area contributed by atoms with Gasteiger partial charge in [0.1, 0.15) is 5.75 Å². The van der Waals surface area contributed by atoms with E-state index in [2.05, 4.69) is 9.97 Å². The SMILES string of the molecule is COc1cc(OC)c(-c2nc(C)c(F)c(Cl)n2)cc1OC. The smallest absolute Gasteiger partial charge is 0.181 e. The molecule has 0 N–H and O–H groups in total. The van der Waals surface area contributed by atoms with Gasteiger partial charge in [0.15, 0.2) is 28.3 Å². The molecule has 2 rings (SSSR count).